The normalized spacial score (nSPS) is 18.1. The van der Waals surface area contributed by atoms with E-state index in [-0.39, 0.29) is 17.8 Å². The van der Waals surface area contributed by atoms with Gasteiger partial charge in [-0.15, -0.1) is 0 Å². The minimum atomic E-state index is -3.58. The van der Waals surface area contributed by atoms with E-state index in [0.717, 1.165) is 13.0 Å². The van der Waals surface area contributed by atoms with E-state index >= 15 is 0 Å². The zero-order valence-corrected chi connectivity index (χ0v) is 17.2. The number of rotatable bonds is 7. The van der Waals surface area contributed by atoms with Gasteiger partial charge in [-0.3, -0.25) is 9.69 Å². The first kappa shape index (κ1) is 21.0. The molecule has 2 atom stereocenters. The molecule has 1 amide bonds. The number of nitriles is 1. The molecule has 0 aromatic heterocycles. The summed E-state index contributed by atoms with van der Waals surface area (Å²) >= 11 is 0. The zero-order chi connectivity index (χ0) is 20.9. The summed E-state index contributed by atoms with van der Waals surface area (Å²) in [6.45, 7) is 3.71. The van der Waals surface area contributed by atoms with E-state index in [1.165, 1.54) is 5.56 Å². The predicted octanol–water partition coefficient (Wildman–Crippen LogP) is 2.42. The number of carbonyl (C=O) groups is 1. The number of sulfone groups is 1. The largest absolute Gasteiger partial charge is 0.351 e. The fraction of sp³-hybridized carbons (Fsp3) is 0.364. The maximum atomic E-state index is 12.4. The molecule has 2 aromatic carbocycles. The lowest BCUT2D eigenvalue weighted by Crippen LogP contribution is -2.40. The molecule has 0 bridgehead atoms. The van der Waals surface area contributed by atoms with Crippen LogP contribution in [0.1, 0.15) is 36.1 Å². The number of amides is 1. The summed E-state index contributed by atoms with van der Waals surface area (Å²) in [6.07, 6.45) is 0.804. The second-order valence-electron chi connectivity index (χ2n) is 7.48. The summed E-state index contributed by atoms with van der Waals surface area (Å²) in [6, 6.07) is 18.8. The van der Waals surface area contributed by atoms with Crippen LogP contribution in [0.5, 0.6) is 0 Å². The number of benzene rings is 2. The van der Waals surface area contributed by atoms with Gasteiger partial charge in [-0.25, -0.2) is 8.42 Å². The topological polar surface area (TPSA) is 90.3 Å². The summed E-state index contributed by atoms with van der Waals surface area (Å²) in [5, 5.41) is 11.7. The van der Waals surface area contributed by atoms with Crippen molar-refractivity contribution in [1.29, 1.82) is 5.26 Å². The first-order valence-electron chi connectivity index (χ1n) is 9.64. The highest BCUT2D eigenvalue weighted by Gasteiger charge is 2.28. The quantitative estimate of drug-likeness (QED) is 0.756. The Balaban J connectivity index is 1.50. The number of hydrogen-bond acceptors (Lipinski definition) is 5. The number of likely N-dealkylation sites (tertiary alicyclic amines) is 1. The Morgan fingerprint density at radius 2 is 1.90 bits per heavy atom. The van der Waals surface area contributed by atoms with Gasteiger partial charge in [0.05, 0.1) is 17.4 Å². The number of hydrogen-bond donors (Lipinski definition) is 1. The van der Waals surface area contributed by atoms with Crippen molar-refractivity contribution in [2.75, 3.05) is 18.8 Å². The molecule has 2 unspecified atom stereocenters. The van der Waals surface area contributed by atoms with Crippen LogP contribution in [0.3, 0.4) is 0 Å². The molecule has 1 fully saturated rings. The molecule has 0 radical (unpaired) electrons. The lowest BCUT2D eigenvalue weighted by Gasteiger charge is -2.24. The Morgan fingerprint density at radius 1 is 1.21 bits per heavy atom. The Bertz CT molecular complexity index is 982. The van der Waals surface area contributed by atoms with Crippen LogP contribution in [-0.2, 0) is 20.4 Å². The second kappa shape index (κ2) is 9.21. The van der Waals surface area contributed by atoms with E-state index in [4.69, 9.17) is 5.26 Å². The first-order chi connectivity index (χ1) is 13.9. The third-order valence-corrected chi connectivity index (χ3v) is 6.71. The monoisotopic (exact) mass is 411 g/mol. The molecule has 1 saturated heterocycles. The van der Waals surface area contributed by atoms with Gasteiger partial charge >= 0.3 is 0 Å². The molecule has 1 N–H and O–H groups in total. The molecule has 3 rings (SSSR count). The summed E-state index contributed by atoms with van der Waals surface area (Å²) in [7, 11) is -3.58. The third-order valence-electron chi connectivity index (χ3n) is 5.24. The fourth-order valence-electron chi connectivity index (χ4n) is 3.65. The fourth-order valence-corrected chi connectivity index (χ4v) is 4.93. The van der Waals surface area contributed by atoms with Gasteiger partial charge in [-0.1, -0.05) is 42.5 Å². The standard InChI is InChI=1S/C22H25N3O3S/c1-17(20-5-3-2-4-6-20)25-12-11-21(14-25)24-22(26)16-29(27,28)15-19-9-7-18(13-23)8-10-19/h2-10,17,21H,11-12,14-16H2,1H3,(H,24,26). The van der Waals surface area contributed by atoms with Crippen LogP contribution in [0.15, 0.2) is 54.6 Å². The SMILES string of the molecule is CC(c1ccccc1)N1CCC(NC(=O)CS(=O)(=O)Cc2ccc(C#N)cc2)C1. The Hall–Kier alpha value is -2.69. The van der Waals surface area contributed by atoms with Gasteiger partial charge in [-0.05, 0) is 36.6 Å². The Kier molecular flexibility index (Phi) is 6.68. The molecule has 1 aliphatic heterocycles. The van der Waals surface area contributed by atoms with Gasteiger partial charge in [-0.2, -0.15) is 5.26 Å². The van der Waals surface area contributed by atoms with E-state index in [2.05, 4.69) is 29.3 Å². The van der Waals surface area contributed by atoms with Crippen molar-refractivity contribution in [2.24, 2.45) is 0 Å². The molecular formula is C22H25N3O3S. The Morgan fingerprint density at radius 3 is 2.55 bits per heavy atom. The highest BCUT2D eigenvalue weighted by atomic mass is 32.2. The maximum absolute atomic E-state index is 12.4. The van der Waals surface area contributed by atoms with Gasteiger partial charge in [0.15, 0.2) is 9.84 Å². The van der Waals surface area contributed by atoms with Gasteiger partial charge in [0.25, 0.3) is 0 Å². The predicted molar refractivity (Wildman–Crippen MR) is 112 cm³/mol. The van der Waals surface area contributed by atoms with E-state index in [1.807, 2.05) is 24.3 Å². The van der Waals surface area contributed by atoms with Crippen LogP contribution in [0.2, 0.25) is 0 Å². The molecule has 0 saturated carbocycles. The average molecular weight is 412 g/mol. The number of nitrogens with one attached hydrogen (secondary N) is 1. The molecule has 0 spiro atoms. The van der Waals surface area contributed by atoms with Crippen LogP contribution in [0, 0.1) is 11.3 Å². The van der Waals surface area contributed by atoms with Gasteiger partial charge < -0.3 is 5.32 Å². The highest BCUT2D eigenvalue weighted by molar-refractivity contribution is 7.91. The lowest BCUT2D eigenvalue weighted by atomic mass is 10.1. The van der Waals surface area contributed by atoms with Crippen molar-refractivity contribution >= 4 is 15.7 Å². The van der Waals surface area contributed by atoms with Crippen molar-refractivity contribution in [3.05, 3.63) is 71.3 Å². The molecule has 1 heterocycles. The second-order valence-corrected chi connectivity index (χ2v) is 9.54. The number of nitrogens with zero attached hydrogens (tertiary/aromatic N) is 2. The molecule has 7 heteroatoms. The van der Waals surface area contributed by atoms with Crippen LogP contribution in [0.25, 0.3) is 0 Å². The van der Waals surface area contributed by atoms with Crippen LogP contribution in [-0.4, -0.2) is 44.1 Å². The molecule has 0 aliphatic carbocycles. The third kappa shape index (κ3) is 5.89. The summed E-state index contributed by atoms with van der Waals surface area (Å²) in [5.41, 5.74) is 2.27. The van der Waals surface area contributed by atoms with Crippen molar-refractivity contribution in [1.82, 2.24) is 10.2 Å². The minimum Gasteiger partial charge on any atom is -0.351 e. The average Bonchev–Trinajstić information content (AvgIpc) is 3.16. The van der Waals surface area contributed by atoms with Crippen molar-refractivity contribution < 1.29 is 13.2 Å². The van der Waals surface area contributed by atoms with Crippen LogP contribution >= 0.6 is 0 Å². The van der Waals surface area contributed by atoms with E-state index in [9.17, 15) is 13.2 Å². The molecule has 29 heavy (non-hydrogen) atoms. The maximum Gasteiger partial charge on any atom is 0.235 e. The van der Waals surface area contributed by atoms with Crippen molar-refractivity contribution in [3.8, 4) is 6.07 Å². The van der Waals surface area contributed by atoms with Crippen molar-refractivity contribution in [2.45, 2.75) is 31.2 Å². The Labute approximate surface area is 172 Å². The summed E-state index contributed by atoms with van der Waals surface area (Å²) < 4.78 is 24.7. The van der Waals surface area contributed by atoms with Crippen molar-refractivity contribution in [3.63, 3.8) is 0 Å². The first-order valence-corrected chi connectivity index (χ1v) is 11.5. The minimum absolute atomic E-state index is 0.0428. The molecule has 1 aliphatic rings. The van der Waals surface area contributed by atoms with Gasteiger partial charge in [0, 0.05) is 25.2 Å². The zero-order valence-electron chi connectivity index (χ0n) is 16.4. The highest BCUT2D eigenvalue weighted by Crippen LogP contribution is 2.24. The molecule has 152 valence electrons. The molecular weight excluding hydrogens is 386 g/mol. The van der Waals surface area contributed by atoms with E-state index in [1.54, 1.807) is 24.3 Å². The molecule has 2 aromatic rings. The number of carbonyl (C=O) groups excluding carboxylic acids is 1. The van der Waals surface area contributed by atoms with Crippen LogP contribution in [0.4, 0.5) is 0 Å². The summed E-state index contributed by atoms with van der Waals surface area (Å²) in [5.74, 6) is -1.20. The van der Waals surface area contributed by atoms with Crippen LogP contribution < -0.4 is 5.32 Å². The summed E-state index contributed by atoms with van der Waals surface area (Å²) in [4.78, 5) is 14.6. The van der Waals surface area contributed by atoms with Gasteiger partial charge in [0.1, 0.15) is 5.75 Å². The van der Waals surface area contributed by atoms with Gasteiger partial charge in [0.2, 0.25) is 5.91 Å². The lowest BCUT2D eigenvalue weighted by molar-refractivity contribution is -0.119. The van der Waals surface area contributed by atoms with E-state index in [0.29, 0.717) is 17.7 Å². The van der Waals surface area contributed by atoms with E-state index < -0.39 is 21.5 Å². The smallest absolute Gasteiger partial charge is 0.235 e. The molecule has 6 nitrogen and oxygen atoms in total.